The van der Waals surface area contributed by atoms with Crippen LogP contribution < -0.4 is 0 Å². The Kier molecular flexibility index (Phi) is 5.39. The van der Waals surface area contributed by atoms with Gasteiger partial charge in [0.25, 0.3) is 5.97 Å². The van der Waals surface area contributed by atoms with Crippen LogP contribution in [0.25, 0.3) is 0 Å². The third kappa shape index (κ3) is 4.52. The van der Waals surface area contributed by atoms with Crippen LogP contribution in [-0.2, 0) is 4.79 Å². The van der Waals surface area contributed by atoms with Gasteiger partial charge in [0.1, 0.15) is 0 Å². The van der Waals surface area contributed by atoms with Crippen LogP contribution in [0.3, 0.4) is 0 Å². The predicted molar refractivity (Wildman–Crippen MR) is 80.1 cm³/mol. The van der Waals surface area contributed by atoms with Crippen LogP contribution in [0.15, 0.2) is 23.8 Å². The van der Waals surface area contributed by atoms with E-state index in [9.17, 15) is 0 Å². The minimum absolute atomic E-state index is 0.568. The minimum Gasteiger partial charge on any atom is -0.481 e. The summed E-state index contributed by atoms with van der Waals surface area (Å²) in [6, 6.07) is 0. The van der Waals surface area contributed by atoms with Crippen molar-refractivity contribution in [3.8, 4) is 0 Å². The van der Waals surface area contributed by atoms with Gasteiger partial charge in [-0.05, 0) is 56.3 Å². The van der Waals surface area contributed by atoms with E-state index in [-0.39, 0.29) is 0 Å². The molecule has 2 atom stereocenters. The summed E-state index contributed by atoms with van der Waals surface area (Å²) in [5.74, 6) is 0.894. The average Bonchev–Trinajstić information content (AvgIpc) is 2.29. The number of carboxylic acids is 1. The fourth-order valence-corrected chi connectivity index (χ4v) is 3.44. The highest BCUT2D eigenvalue weighted by Crippen LogP contribution is 2.56. The maximum Gasteiger partial charge on any atom is 0.300 e. The van der Waals surface area contributed by atoms with E-state index in [4.69, 9.17) is 9.90 Å². The van der Waals surface area contributed by atoms with Gasteiger partial charge in [0.05, 0.1) is 0 Å². The summed E-state index contributed by atoms with van der Waals surface area (Å²) in [6.45, 7) is 12.5. The first-order chi connectivity index (χ1) is 8.74. The lowest BCUT2D eigenvalue weighted by Gasteiger charge is -2.53. The van der Waals surface area contributed by atoms with Gasteiger partial charge >= 0.3 is 0 Å². The van der Waals surface area contributed by atoms with E-state index in [1.165, 1.54) is 37.7 Å². The first kappa shape index (κ1) is 16.0. The minimum atomic E-state index is -0.833. The molecule has 2 rings (SSSR count). The molecule has 108 valence electrons. The highest BCUT2D eigenvalue weighted by molar-refractivity contribution is 5.62. The smallest absolute Gasteiger partial charge is 0.300 e. The van der Waals surface area contributed by atoms with Crippen molar-refractivity contribution in [3.63, 3.8) is 0 Å². The molecule has 0 aromatic heterocycles. The summed E-state index contributed by atoms with van der Waals surface area (Å²) >= 11 is 0. The molecular weight excluding hydrogens is 236 g/mol. The van der Waals surface area contributed by atoms with Crippen LogP contribution in [0, 0.1) is 17.3 Å². The molecule has 1 saturated carbocycles. The molecule has 2 aliphatic rings. The van der Waals surface area contributed by atoms with Crippen LogP contribution in [0.5, 0.6) is 0 Å². The Labute approximate surface area is 117 Å². The summed E-state index contributed by atoms with van der Waals surface area (Å²) in [5, 5.41) is 7.42. The van der Waals surface area contributed by atoms with E-state index >= 15 is 0 Å². The highest BCUT2D eigenvalue weighted by atomic mass is 16.4. The number of hydrogen-bond donors (Lipinski definition) is 1. The Bertz CT molecular complexity index is 373. The molecule has 0 aromatic rings. The van der Waals surface area contributed by atoms with E-state index in [2.05, 4.69) is 33.4 Å². The second kappa shape index (κ2) is 6.40. The van der Waals surface area contributed by atoms with Gasteiger partial charge in [-0.15, -0.1) is 0 Å². The second-order valence-corrected chi connectivity index (χ2v) is 6.71. The first-order valence-corrected chi connectivity index (χ1v) is 7.27. The molecule has 1 N–H and O–H groups in total. The number of carbonyl (C=O) groups is 1. The molecule has 0 aromatic carbocycles. The number of hydrogen-bond acceptors (Lipinski definition) is 1. The number of carboxylic acid groups (broad SMARTS) is 1. The summed E-state index contributed by atoms with van der Waals surface area (Å²) in [6.07, 6.45) is 8.90. The molecule has 2 aliphatic carbocycles. The molecule has 0 amide bonds. The van der Waals surface area contributed by atoms with Gasteiger partial charge in [0, 0.05) is 6.92 Å². The standard InChI is InChI=1S/C15H24.C2H4O2/c1-11-6-5-7-12(2)13-10-15(3,4)14(13)9-8-11;1-2(3)4/h6,13-14H,2,5,7-10H2,1,3-4H3;1H3,(H,3,4)/b11-6+;/t13-,14-;/m1./s1. The van der Waals surface area contributed by atoms with Gasteiger partial charge in [-0.2, -0.15) is 0 Å². The van der Waals surface area contributed by atoms with E-state index in [1.807, 2.05) is 0 Å². The third-order valence-electron chi connectivity index (χ3n) is 4.57. The normalized spacial score (nSPS) is 32.0. The van der Waals surface area contributed by atoms with E-state index < -0.39 is 5.97 Å². The van der Waals surface area contributed by atoms with Crippen LogP contribution in [0.4, 0.5) is 0 Å². The van der Waals surface area contributed by atoms with Crippen LogP contribution >= 0.6 is 0 Å². The molecule has 2 nitrogen and oxygen atoms in total. The zero-order valence-corrected chi connectivity index (χ0v) is 12.8. The van der Waals surface area contributed by atoms with Crippen molar-refractivity contribution >= 4 is 5.97 Å². The zero-order valence-electron chi connectivity index (χ0n) is 12.8. The van der Waals surface area contributed by atoms with Crippen molar-refractivity contribution in [1.29, 1.82) is 0 Å². The van der Waals surface area contributed by atoms with E-state index in [1.54, 1.807) is 5.57 Å². The molecule has 1 fully saturated rings. The van der Waals surface area contributed by atoms with Crippen molar-refractivity contribution in [2.45, 2.75) is 59.8 Å². The number of rotatable bonds is 0. The lowest BCUT2D eigenvalue weighted by atomic mass is 9.52. The Morgan fingerprint density at radius 2 is 2.00 bits per heavy atom. The molecule has 0 bridgehead atoms. The fourth-order valence-electron chi connectivity index (χ4n) is 3.44. The Morgan fingerprint density at radius 3 is 2.53 bits per heavy atom. The number of fused-ring (bicyclic) bond motifs is 1. The van der Waals surface area contributed by atoms with Crippen molar-refractivity contribution < 1.29 is 9.90 Å². The molecule has 0 saturated heterocycles. The van der Waals surface area contributed by atoms with Crippen molar-refractivity contribution in [2.24, 2.45) is 17.3 Å². The van der Waals surface area contributed by atoms with E-state index in [0.29, 0.717) is 5.41 Å². The molecule has 0 unspecified atom stereocenters. The SMILES string of the molecule is C=C1CC/C=C(\C)CC[C@@H]2[C@@H]1CC2(C)C.CC(=O)O. The molecule has 2 heteroatoms. The highest BCUT2D eigenvalue weighted by Gasteiger charge is 2.47. The molecular formula is C17H28O2. The van der Waals surface area contributed by atoms with Gasteiger partial charge in [-0.1, -0.05) is 37.6 Å². The van der Waals surface area contributed by atoms with E-state index in [0.717, 1.165) is 18.8 Å². The fraction of sp³-hybridized carbons (Fsp3) is 0.706. The summed E-state index contributed by atoms with van der Waals surface area (Å²) in [5.41, 5.74) is 3.68. The van der Waals surface area contributed by atoms with Crippen molar-refractivity contribution in [2.75, 3.05) is 0 Å². The summed E-state index contributed by atoms with van der Waals surface area (Å²) in [7, 11) is 0. The van der Waals surface area contributed by atoms with Gasteiger partial charge in [0.2, 0.25) is 0 Å². The van der Waals surface area contributed by atoms with Gasteiger partial charge in [-0.25, -0.2) is 0 Å². The monoisotopic (exact) mass is 264 g/mol. The molecule has 19 heavy (non-hydrogen) atoms. The summed E-state index contributed by atoms with van der Waals surface area (Å²) < 4.78 is 0. The van der Waals surface area contributed by atoms with Gasteiger partial charge < -0.3 is 5.11 Å². The number of allylic oxidation sites excluding steroid dienone is 3. The molecule has 0 radical (unpaired) electrons. The lowest BCUT2D eigenvalue weighted by molar-refractivity contribution is -0.134. The number of aliphatic carboxylic acids is 1. The van der Waals surface area contributed by atoms with Crippen LogP contribution in [-0.4, -0.2) is 11.1 Å². The molecule has 0 spiro atoms. The lowest BCUT2D eigenvalue weighted by Crippen LogP contribution is -2.44. The summed E-state index contributed by atoms with van der Waals surface area (Å²) in [4.78, 5) is 9.00. The maximum atomic E-state index is 9.00. The quantitative estimate of drug-likeness (QED) is 0.637. The zero-order chi connectivity index (χ0) is 14.6. The Morgan fingerprint density at radius 1 is 1.42 bits per heavy atom. The first-order valence-electron chi connectivity index (χ1n) is 7.27. The average molecular weight is 264 g/mol. The van der Waals surface area contributed by atoms with Crippen molar-refractivity contribution in [1.82, 2.24) is 0 Å². The second-order valence-electron chi connectivity index (χ2n) is 6.71. The van der Waals surface area contributed by atoms with Gasteiger partial charge in [-0.3, -0.25) is 4.79 Å². The Balaban J connectivity index is 0.000000399. The predicted octanol–water partition coefficient (Wildman–Crippen LogP) is 4.82. The topological polar surface area (TPSA) is 37.3 Å². The molecule has 0 heterocycles. The van der Waals surface area contributed by atoms with Gasteiger partial charge in [0.15, 0.2) is 0 Å². The molecule has 0 aliphatic heterocycles. The van der Waals surface area contributed by atoms with Crippen molar-refractivity contribution in [3.05, 3.63) is 23.8 Å². The maximum absolute atomic E-state index is 9.00. The van der Waals surface area contributed by atoms with Crippen LogP contribution in [0.1, 0.15) is 59.8 Å². The van der Waals surface area contributed by atoms with Crippen LogP contribution in [0.2, 0.25) is 0 Å². The largest absolute Gasteiger partial charge is 0.481 e. The third-order valence-corrected chi connectivity index (χ3v) is 4.57. The Hall–Kier alpha value is -1.05.